The van der Waals surface area contributed by atoms with Crippen molar-refractivity contribution in [2.75, 3.05) is 24.5 Å². The first kappa shape index (κ1) is 30.7. The third-order valence-corrected chi connectivity index (χ3v) is 8.69. The van der Waals surface area contributed by atoms with Gasteiger partial charge < -0.3 is 15.0 Å². The van der Waals surface area contributed by atoms with E-state index in [2.05, 4.69) is 5.32 Å². The van der Waals surface area contributed by atoms with Gasteiger partial charge in [-0.05, 0) is 75.6 Å². The lowest BCUT2D eigenvalue weighted by Crippen LogP contribution is -2.53. The second-order valence-electron chi connectivity index (χ2n) is 9.84. The third-order valence-electron chi connectivity index (χ3n) is 6.90. The summed E-state index contributed by atoms with van der Waals surface area (Å²) in [5.74, 6) is -0.235. The maximum absolute atomic E-state index is 13.9. The van der Waals surface area contributed by atoms with Gasteiger partial charge in [-0.3, -0.25) is 13.9 Å². The highest BCUT2D eigenvalue weighted by atomic mass is 32.2. The first-order valence-electron chi connectivity index (χ1n) is 13.4. The number of methoxy groups -OCH3 is 1. The lowest BCUT2D eigenvalue weighted by atomic mass is 10.1. The van der Waals surface area contributed by atoms with E-state index in [4.69, 9.17) is 4.74 Å². The van der Waals surface area contributed by atoms with Crippen LogP contribution in [0.2, 0.25) is 0 Å². The van der Waals surface area contributed by atoms with E-state index in [1.54, 1.807) is 43.3 Å². The van der Waals surface area contributed by atoms with Crippen LogP contribution in [-0.2, 0) is 26.0 Å². The summed E-state index contributed by atoms with van der Waals surface area (Å²) in [6.45, 7) is 7.24. The van der Waals surface area contributed by atoms with E-state index < -0.39 is 28.5 Å². The Balaban J connectivity index is 1.97. The van der Waals surface area contributed by atoms with Gasteiger partial charge in [0.25, 0.3) is 10.0 Å². The summed E-state index contributed by atoms with van der Waals surface area (Å²) in [5, 5.41) is 2.94. The molecule has 0 heterocycles. The molecule has 0 unspecified atom stereocenters. The van der Waals surface area contributed by atoms with Crippen molar-refractivity contribution in [3.05, 3.63) is 90.0 Å². The van der Waals surface area contributed by atoms with Crippen LogP contribution in [0.3, 0.4) is 0 Å². The first-order valence-corrected chi connectivity index (χ1v) is 14.9. The molecule has 0 aromatic heterocycles. The van der Waals surface area contributed by atoms with E-state index >= 15 is 0 Å². The molecule has 3 aromatic carbocycles. The number of hydrogen-bond donors (Lipinski definition) is 1. The molecule has 1 N–H and O–H groups in total. The third kappa shape index (κ3) is 7.85. The Bertz CT molecular complexity index is 1360. The quantitative estimate of drug-likeness (QED) is 0.328. The maximum atomic E-state index is 13.9. The summed E-state index contributed by atoms with van der Waals surface area (Å²) in [7, 11) is -2.62. The zero-order valence-electron chi connectivity index (χ0n) is 23.8. The van der Waals surface area contributed by atoms with Crippen LogP contribution in [0.4, 0.5) is 5.69 Å². The van der Waals surface area contributed by atoms with Crippen LogP contribution in [0.5, 0.6) is 5.75 Å². The standard InChI is InChI=1S/C31H39N3O5S/c1-6-24(3)32-31(36)25(4)33(21-20-26-10-8-7-9-11-26)30(35)22-34(27-14-12-23(2)13-15-27)40(37,38)29-18-16-28(39-5)17-19-29/h7-19,24-25H,6,20-22H2,1-5H3,(H,32,36)/t24-,25+/m0/s1. The van der Waals surface area contributed by atoms with Crippen LogP contribution in [0.25, 0.3) is 0 Å². The smallest absolute Gasteiger partial charge is 0.264 e. The molecule has 2 atom stereocenters. The Morgan fingerprint density at radius 2 is 1.55 bits per heavy atom. The predicted molar refractivity (Wildman–Crippen MR) is 158 cm³/mol. The number of hydrogen-bond acceptors (Lipinski definition) is 5. The number of carbonyl (C=O) groups excluding carboxylic acids is 2. The van der Waals surface area contributed by atoms with Gasteiger partial charge in [-0.1, -0.05) is 55.0 Å². The van der Waals surface area contributed by atoms with Crippen LogP contribution < -0.4 is 14.4 Å². The number of ether oxygens (including phenoxy) is 1. The molecule has 214 valence electrons. The maximum Gasteiger partial charge on any atom is 0.264 e. The number of amides is 2. The van der Waals surface area contributed by atoms with E-state index in [1.807, 2.05) is 51.1 Å². The fourth-order valence-electron chi connectivity index (χ4n) is 4.15. The molecule has 0 aliphatic rings. The summed E-state index contributed by atoms with van der Waals surface area (Å²) in [5.41, 5.74) is 2.32. The Morgan fingerprint density at radius 3 is 2.12 bits per heavy atom. The van der Waals surface area contributed by atoms with Crippen LogP contribution in [0.1, 0.15) is 38.3 Å². The molecule has 0 radical (unpaired) electrons. The molecule has 8 nitrogen and oxygen atoms in total. The molecule has 40 heavy (non-hydrogen) atoms. The van der Waals surface area contributed by atoms with Gasteiger partial charge in [0.05, 0.1) is 17.7 Å². The lowest BCUT2D eigenvalue weighted by Gasteiger charge is -2.32. The van der Waals surface area contributed by atoms with Gasteiger partial charge in [0.2, 0.25) is 11.8 Å². The molecule has 9 heteroatoms. The Kier molecular flexibility index (Phi) is 10.7. The number of nitrogens with one attached hydrogen (secondary N) is 1. The number of nitrogens with zero attached hydrogens (tertiary/aromatic N) is 2. The summed E-state index contributed by atoms with van der Waals surface area (Å²) in [6, 6.07) is 21.8. The SMILES string of the molecule is CC[C@H](C)NC(=O)[C@@H](C)N(CCc1ccccc1)C(=O)CN(c1ccc(C)cc1)S(=O)(=O)c1ccc(OC)cc1. The summed E-state index contributed by atoms with van der Waals surface area (Å²) in [6.07, 6.45) is 1.26. The second kappa shape index (κ2) is 14.0. The van der Waals surface area contributed by atoms with Crippen molar-refractivity contribution in [1.29, 1.82) is 0 Å². The number of rotatable bonds is 13. The molecule has 0 fully saturated rings. The normalized spacial score (nSPS) is 12.7. The fraction of sp³-hybridized carbons (Fsp3) is 0.355. The van der Waals surface area contributed by atoms with Crippen molar-refractivity contribution in [2.24, 2.45) is 0 Å². The zero-order valence-corrected chi connectivity index (χ0v) is 24.6. The van der Waals surface area contributed by atoms with Gasteiger partial charge in [-0.2, -0.15) is 0 Å². The zero-order chi connectivity index (χ0) is 29.3. The highest BCUT2D eigenvalue weighted by Crippen LogP contribution is 2.26. The minimum atomic E-state index is -4.13. The largest absolute Gasteiger partial charge is 0.497 e. The summed E-state index contributed by atoms with van der Waals surface area (Å²) >= 11 is 0. The molecule has 0 saturated heterocycles. The van der Waals surface area contributed by atoms with Crippen molar-refractivity contribution in [3.8, 4) is 5.75 Å². The van der Waals surface area contributed by atoms with Gasteiger partial charge in [0.15, 0.2) is 0 Å². The second-order valence-corrected chi connectivity index (χ2v) is 11.7. The molecular weight excluding hydrogens is 526 g/mol. The molecule has 0 bridgehead atoms. The number of anilines is 1. The van der Waals surface area contributed by atoms with Crippen molar-refractivity contribution >= 4 is 27.5 Å². The Hall–Kier alpha value is -3.85. The van der Waals surface area contributed by atoms with Crippen molar-refractivity contribution < 1.29 is 22.7 Å². The summed E-state index contributed by atoms with van der Waals surface area (Å²) < 4.78 is 34.0. The van der Waals surface area contributed by atoms with Gasteiger partial charge in [0.1, 0.15) is 18.3 Å². The number of aryl methyl sites for hydroxylation is 1. The van der Waals surface area contributed by atoms with Crippen molar-refractivity contribution in [3.63, 3.8) is 0 Å². The van der Waals surface area contributed by atoms with Crippen molar-refractivity contribution in [2.45, 2.75) is 57.5 Å². The molecule has 0 aliphatic heterocycles. The molecule has 3 rings (SSSR count). The van der Waals surface area contributed by atoms with E-state index in [0.717, 1.165) is 21.9 Å². The molecule has 0 saturated carbocycles. The Labute approximate surface area is 238 Å². The monoisotopic (exact) mass is 565 g/mol. The van der Waals surface area contributed by atoms with Gasteiger partial charge in [-0.25, -0.2) is 8.42 Å². The van der Waals surface area contributed by atoms with Crippen LogP contribution in [0.15, 0.2) is 83.8 Å². The first-order chi connectivity index (χ1) is 19.1. The van der Waals surface area contributed by atoms with E-state index in [0.29, 0.717) is 17.9 Å². The van der Waals surface area contributed by atoms with Gasteiger partial charge in [0, 0.05) is 12.6 Å². The number of benzene rings is 3. The van der Waals surface area contributed by atoms with E-state index in [9.17, 15) is 18.0 Å². The molecule has 3 aromatic rings. The highest BCUT2D eigenvalue weighted by Gasteiger charge is 2.32. The molecule has 2 amide bonds. The average molecular weight is 566 g/mol. The minimum absolute atomic E-state index is 0.0278. The van der Waals surface area contributed by atoms with Gasteiger partial charge in [-0.15, -0.1) is 0 Å². The highest BCUT2D eigenvalue weighted by molar-refractivity contribution is 7.92. The summed E-state index contributed by atoms with van der Waals surface area (Å²) in [4.78, 5) is 28.5. The fourth-order valence-corrected chi connectivity index (χ4v) is 5.56. The molecule has 0 aliphatic carbocycles. The predicted octanol–water partition coefficient (Wildman–Crippen LogP) is 4.57. The minimum Gasteiger partial charge on any atom is -0.497 e. The van der Waals surface area contributed by atoms with Crippen LogP contribution >= 0.6 is 0 Å². The van der Waals surface area contributed by atoms with Crippen LogP contribution in [-0.4, -0.2) is 57.4 Å². The lowest BCUT2D eigenvalue weighted by molar-refractivity contribution is -0.139. The van der Waals surface area contributed by atoms with E-state index in [-0.39, 0.29) is 23.4 Å². The van der Waals surface area contributed by atoms with E-state index in [1.165, 1.54) is 24.1 Å². The van der Waals surface area contributed by atoms with Crippen molar-refractivity contribution in [1.82, 2.24) is 10.2 Å². The van der Waals surface area contributed by atoms with Gasteiger partial charge >= 0.3 is 0 Å². The Morgan fingerprint density at radius 1 is 0.925 bits per heavy atom. The molecule has 0 spiro atoms. The van der Waals surface area contributed by atoms with Crippen LogP contribution in [0, 0.1) is 6.92 Å². The average Bonchev–Trinajstić information content (AvgIpc) is 2.96. The number of carbonyl (C=O) groups is 2. The topological polar surface area (TPSA) is 96.0 Å². The number of sulfonamides is 1. The molecular formula is C31H39N3O5S.